The molecule has 2 aliphatic carbocycles. The number of rotatable bonds is 9. The third-order valence-electron chi connectivity index (χ3n) is 10.1. The van der Waals surface area contributed by atoms with Gasteiger partial charge >= 0.3 is 11.9 Å². The number of carbonyl (C=O) groups excluding carboxylic acids is 3. The molecule has 2 fully saturated rings. The predicted octanol–water partition coefficient (Wildman–Crippen LogP) is 6.42. The molecule has 1 aliphatic heterocycles. The average Bonchev–Trinajstić information content (AvgIpc) is 3.54. The van der Waals surface area contributed by atoms with Gasteiger partial charge in [0.15, 0.2) is 0 Å². The Balaban J connectivity index is 0.00000214. The van der Waals surface area contributed by atoms with Crippen molar-refractivity contribution in [3.8, 4) is 0 Å². The minimum Gasteiger partial charge on any atom is -0.458 e. The van der Waals surface area contributed by atoms with Gasteiger partial charge in [0.2, 0.25) is 5.91 Å². The van der Waals surface area contributed by atoms with E-state index >= 15 is 0 Å². The maximum Gasteiger partial charge on any atom is 0.342 e. The number of hydrogen-bond donors (Lipinski definition) is 3. The zero-order valence-corrected chi connectivity index (χ0v) is 36.2. The van der Waals surface area contributed by atoms with Gasteiger partial charge < -0.3 is 35.6 Å². The van der Waals surface area contributed by atoms with Crippen molar-refractivity contribution in [1.82, 2.24) is 10.3 Å². The first-order valence-electron chi connectivity index (χ1n) is 18.1. The van der Waals surface area contributed by atoms with Crippen molar-refractivity contribution in [2.75, 3.05) is 18.7 Å². The van der Waals surface area contributed by atoms with Gasteiger partial charge in [-0.2, -0.15) is 0 Å². The summed E-state index contributed by atoms with van der Waals surface area (Å²) in [6, 6.07) is 0. The summed E-state index contributed by atoms with van der Waals surface area (Å²) in [6.45, 7) is 24.1. The predicted molar refractivity (Wildman–Crippen MR) is 197 cm³/mol. The summed E-state index contributed by atoms with van der Waals surface area (Å²) in [6.07, 6.45) is 3.55. The summed E-state index contributed by atoms with van der Waals surface area (Å²) in [4.78, 5) is 58.2. The first-order chi connectivity index (χ1) is 23.6. The fourth-order valence-electron chi connectivity index (χ4n) is 8.13. The summed E-state index contributed by atoms with van der Waals surface area (Å²) in [5, 5.41) is 10.1. The van der Waals surface area contributed by atoms with Crippen LogP contribution in [0.15, 0.2) is 21.8 Å². The van der Waals surface area contributed by atoms with Gasteiger partial charge in [0.25, 0.3) is 0 Å². The molecular formula is C38H61N4O9Zn-. The third-order valence-corrected chi connectivity index (χ3v) is 10.1. The van der Waals surface area contributed by atoms with E-state index in [9.17, 15) is 14.4 Å². The number of hydrogen-bond acceptors (Lipinski definition) is 10. The monoisotopic (exact) mass is 781 g/mol. The Morgan fingerprint density at radius 3 is 1.71 bits per heavy atom. The Hall–Kier alpha value is -2.90. The Morgan fingerprint density at radius 2 is 1.29 bits per heavy atom. The van der Waals surface area contributed by atoms with Crippen LogP contribution in [-0.4, -0.2) is 59.8 Å². The second kappa shape index (κ2) is 21.1. The largest absolute Gasteiger partial charge is 0.458 e. The molecule has 52 heavy (non-hydrogen) atoms. The molecule has 13 nitrogen and oxygen atoms in total. The summed E-state index contributed by atoms with van der Waals surface area (Å²) in [5.74, 6) is 1.19. The van der Waals surface area contributed by atoms with Crippen LogP contribution in [0.2, 0.25) is 0 Å². The van der Waals surface area contributed by atoms with E-state index in [0.29, 0.717) is 58.7 Å². The first kappa shape index (κ1) is 47.1. The SMILES string of the molecule is CCONc1[n-]c(/C(C)=C2\N=C(NC(C)=O)C(C(=O)OC3C(C)CC(C)CC3C)=C2C)c(C)c1C(=O)OC1C(C)CC(C)CC1C.CCOO.O.[Zn]. The number of anilines is 1. The Kier molecular flexibility index (Phi) is 19.1. The number of aliphatic imine (C=N–C) groups is 1. The molecule has 0 saturated heterocycles. The van der Waals surface area contributed by atoms with Gasteiger partial charge in [-0.05, 0) is 124 Å². The van der Waals surface area contributed by atoms with Crippen molar-refractivity contribution in [2.45, 2.75) is 121 Å². The van der Waals surface area contributed by atoms with Crippen molar-refractivity contribution in [3.05, 3.63) is 33.7 Å². The average molecular weight is 783 g/mol. The van der Waals surface area contributed by atoms with Gasteiger partial charge in [-0.25, -0.2) is 19.5 Å². The minimum atomic E-state index is -0.508. The Labute approximate surface area is 322 Å². The molecule has 1 amide bonds. The number of carbonyl (C=O) groups is 3. The summed E-state index contributed by atoms with van der Waals surface area (Å²) in [7, 11) is 0. The second-order valence-corrected chi connectivity index (χ2v) is 14.7. The van der Waals surface area contributed by atoms with Crippen LogP contribution in [0.3, 0.4) is 0 Å². The van der Waals surface area contributed by atoms with E-state index in [2.05, 4.69) is 57.2 Å². The van der Waals surface area contributed by atoms with Crippen LogP contribution >= 0.6 is 0 Å². The van der Waals surface area contributed by atoms with E-state index in [1.807, 2.05) is 20.8 Å². The van der Waals surface area contributed by atoms with Crippen molar-refractivity contribution in [2.24, 2.45) is 40.5 Å². The molecule has 4 atom stereocenters. The molecule has 0 aromatic carbocycles. The maximum absolute atomic E-state index is 13.8. The molecule has 5 N–H and O–H groups in total. The van der Waals surface area contributed by atoms with Crippen molar-refractivity contribution in [3.63, 3.8) is 0 Å². The Bertz CT molecular complexity index is 1460. The second-order valence-electron chi connectivity index (χ2n) is 14.7. The van der Waals surface area contributed by atoms with Crippen molar-refractivity contribution >= 4 is 35.1 Å². The minimum absolute atomic E-state index is 0. The van der Waals surface area contributed by atoms with Crippen LogP contribution in [0.5, 0.6) is 0 Å². The number of amidine groups is 1. The Morgan fingerprint density at radius 1 is 0.827 bits per heavy atom. The molecule has 2 saturated carbocycles. The number of nitrogens with zero attached hydrogens (tertiary/aromatic N) is 2. The van der Waals surface area contributed by atoms with Gasteiger partial charge in [0.05, 0.1) is 17.9 Å². The molecular weight excluding hydrogens is 722 g/mol. The number of esters is 2. The van der Waals surface area contributed by atoms with E-state index < -0.39 is 11.9 Å². The first-order valence-corrected chi connectivity index (χ1v) is 18.1. The van der Waals surface area contributed by atoms with E-state index in [1.165, 1.54) is 6.92 Å². The van der Waals surface area contributed by atoms with Crippen molar-refractivity contribution < 1.29 is 63.8 Å². The quantitative estimate of drug-likeness (QED) is 0.109. The van der Waals surface area contributed by atoms with Crippen LogP contribution < -0.4 is 15.8 Å². The fourth-order valence-corrected chi connectivity index (χ4v) is 8.13. The molecule has 1 aromatic rings. The number of ether oxygens (including phenoxy) is 2. The molecule has 290 valence electrons. The van der Waals surface area contributed by atoms with Gasteiger partial charge in [0, 0.05) is 33.0 Å². The van der Waals surface area contributed by atoms with Gasteiger partial charge in [-0.3, -0.25) is 10.1 Å². The van der Waals surface area contributed by atoms with E-state index in [-0.39, 0.29) is 84.0 Å². The molecule has 4 rings (SSSR count). The van der Waals surface area contributed by atoms with Crippen LogP contribution in [0.4, 0.5) is 5.82 Å². The molecule has 2 heterocycles. The summed E-state index contributed by atoms with van der Waals surface area (Å²) < 4.78 is 12.3. The standard InChI is InChI=1S/C36H54N4O6.C2H6O2.H2O.Zn/c1-12-44-40-34-28(36(43)46-32-21(6)15-18(3)16-22(32)7)24(9)30(39-34)25(10)29-23(8)27(33(38-29)37-26(11)41)35(42)45-31-19(4)13-17(2)14-20(31)5;1-2-4-3;;/h17-22,31-32H,12-16H2,1-11H3,(H3,37,38,39,40,41,42,43);3H,2H2,1H3;1H2;/p-1. The molecule has 0 radical (unpaired) electrons. The maximum atomic E-state index is 13.8. The van der Waals surface area contributed by atoms with Gasteiger partial charge in [-0.1, -0.05) is 41.5 Å². The van der Waals surface area contributed by atoms with Crippen molar-refractivity contribution in [1.29, 1.82) is 0 Å². The molecule has 0 bridgehead atoms. The summed E-state index contributed by atoms with van der Waals surface area (Å²) in [5.41, 5.74) is 6.20. The van der Waals surface area contributed by atoms with Crippen LogP contribution in [0.1, 0.15) is 123 Å². The van der Waals surface area contributed by atoms with E-state index in [0.717, 1.165) is 25.7 Å². The van der Waals surface area contributed by atoms with Crippen LogP contribution in [0, 0.1) is 42.4 Å². The zero-order chi connectivity index (χ0) is 37.4. The zero-order valence-electron chi connectivity index (χ0n) is 33.3. The number of allylic oxidation sites excluding steroid dienone is 2. The molecule has 14 heteroatoms. The smallest absolute Gasteiger partial charge is 0.342 e. The van der Waals surface area contributed by atoms with Gasteiger partial charge in [-0.15, -0.1) is 0 Å². The van der Waals surface area contributed by atoms with Gasteiger partial charge in [0.1, 0.15) is 23.6 Å². The normalized spacial score (nSPS) is 27.9. The van der Waals surface area contributed by atoms with Crippen LogP contribution in [0.25, 0.3) is 5.57 Å². The van der Waals surface area contributed by atoms with Crippen LogP contribution in [-0.2, 0) is 48.3 Å². The number of aromatic nitrogens is 1. The van der Waals surface area contributed by atoms with E-state index in [4.69, 9.17) is 29.5 Å². The summed E-state index contributed by atoms with van der Waals surface area (Å²) >= 11 is 0. The number of amides is 1. The molecule has 3 aliphatic rings. The van der Waals surface area contributed by atoms with E-state index in [1.54, 1.807) is 13.8 Å². The molecule has 1 aromatic heterocycles. The fraction of sp³-hybridized carbons (Fsp3) is 0.684. The number of nitrogens with one attached hydrogen (secondary N) is 2. The molecule has 0 spiro atoms. The topological polar surface area (TPSA) is 190 Å². The molecule has 4 unspecified atom stereocenters. The third kappa shape index (κ3) is 11.3.